The van der Waals surface area contributed by atoms with Gasteiger partial charge in [0, 0.05) is 31.6 Å². The number of hydrogen-bond donors (Lipinski definition) is 2. The molecule has 0 aromatic carbocycles. The summed E-state index contributed by atoms with van der Waals surface area (Å²) < 4.78 is 6.20. The van der Waals surface area contributed by atoms with Crippen molar-refractivity contribution in [2.45, 2.75) is 100 Å². The molecule has 0 aromatic rings. The first-order chi connectivity index (χ1) is 20.4. The summed E-state index contributed by atoms with van der Waals surface area (Å²) in [6.07, 6.45) is 10.6. The second-order valence-electron chi connectivity index (χ2n) is 13.8. The second kappa shape index (κ2) is 12.9. The van der Waals surface area contributed by atoms with Crippen molar-refractivity contribution in [3.05, 3.63) is 12.7 Å². The standard InChI is InChI=1S/C32H50N6O3S/c1-4-27(39)38-17-16-37(18-23(38)12-14-33)30-26-11-13-32(21(2)25-10-6-5-8-22(25)20-42-32)29(40)28(26)34-31(35-30)41-19-24-9-7-15-36(24)3/h4,21-26,28,30-31,34-35H,1,5-13,15-20H2,2-3H3/t21?,22?,23?,24?,25?,26?,28?,30?,31?,32-/m0/s1. The van der Waals surface area contributed by atoms with Gasteiger partial charge in [-0.05, 0) is 81.7 Å². The molecule has 6 fully saturated rings. The maximum atomic E-state index is 14.8. The molecule has 4 saturated heterocycles. The second-order valence-corrected chi connectivity index (χ2v) is 15.1. The molecule has 42 heavy (non-hydrogen) atoms. The molecular weight excluding hydrogens is 548 g/mol. The molecule has 4 aliphatic heterocycles. The maximum absolute atomic E-state index is 14.8. The summed E-state index contributed by atoms with van der Waals surface area (Å²) in [7, 11) is 2.16. The highest BCUT2D eigenvalue weighted by Gasteiger charge is 2.60. The van der Waals surface area contributed by atoms with E-state index in [1.807, 2.05) is 11.8 Å². The van der Waals surface area contributed by atoms with Gasteiger partial charge >= 0.3 is 0 Å². The number of hydrogen-bond acceptors (Lipinski definition) is 9. The predicted octanol–water partition coefficient (Wildman–Crippen LogP) is 2.79. The van der Waals surface area contributed by atoms with E-state index in [9.17, 15) is 14.9 Å². The number of amides is 1. The smallest absolute Gasteiger partial charge is 0.246 e. The number of nitrogens with one attached hydrogen (secondary N) is 2. The third-order valence-corrected chi connectivity index (χ3v) is 13.6. The first-order valence-electron chi connectivity index (χ1n) is 16.4. The van der Waals surface area contributed by atoms with Gasteiger partial charge in [0.15, 0.2) is 12.1 Å². The van der Waals surface area contributed by atoms with Crippen molar-refractivity contribution in [1.29, 1.82) is 5.26 Å². The third-order valence-electron chi connectivity index (χ3n) is 11.8. The van der Waals surface area contributed by atoms with Crippen LogP contribution in [0.15, 0.2) is 12.7 Å². The van der Waals surface area contributed by atoms with Crippen LogP contribution in [0.5, 0.6) is 0 Å². The number of carbonyl (C=O) groups excluding carboxylic acids is 2. The van der Waals surface area contributed by atoms with Gasteiger partial charge in [0.05, 0.1) is 42.1 Å². The lowest BCUT2D eigenvalue weighted by molar-refractivity contribution is -0.147. The topological polar surface area (TPSA) is 101 Å². The summed E-state index contributed by atoms with van der Waals surface area (Å²) in [5.41, 5.74) is 0. The van der Waals surface area contributed by atoms with Gasteiger partial charge in [0.25, 0.3) is 0 Å². The van der Waals surface area contributed by atoms with Crippen molar-refractivity contribution in [3.63, 3.8) is 0 Å². The first-order valence-corrected chi connectivity index (χ1v) is 17.4. The van der Waals surface area contributed by atoms with E-state index in [1.54, 1.807) is 4.90 Å². The fraction of sp³-hybridized carbons (Fsp3) is 0.844. The summed E-state index contributed by atoms with van der Waals surface area (Å²) in [5, 5.41) is 17.0. The average Bonchev–Trinajstić information content (AvgIpc) is 3.43. The van der Waals surface area contributed by atoms with Crippen molar-refractivity contribution in [2.24, 2.45) is 23.7 Å². The molecule has 0 aromatic heterocycles. The molecule has 0 bridgehead atoms. The van der Waals surface area contributed by atoms with Crippen LogP contribution in [0, 0.1) is 35.0 Å². The highest BCUT2D eigenvalue weighted by molar-refractivity contribution is 8.01. The molecule has 2 saturated carbocycles. The molecule has 9 nitrogen and oxygen atoms in total. The van der Waals surface area contributed by atoms with E-state index in [0.29, 0.717) is 49.9 Å². The van der Waals surface area contributed by atoms with Gasteiger partial charge in [-0.3, -0.25) is 25.1 Å². The SMILES string of the molecule is C=CC(=O)N1CCN(C2NC(OCC3CCCN3C)NC3C(=O)[C@@]4(CCC32)SCC2CCCCC2C4C)CC1CC#N. The zero-order valence-electron chi connectivity index (χ0n) is 25.5. The Labute approximate surface area is 256 Å². The Bertz CT molecular complexity index is 1070. The van der Waals surface area contributed by atoms with Crippen molar-refractivity contribution < 1.29 is 14.3 Å². The highest BCUT2D eigenvalue weighted by Crippen LogP contribution is 2.56. The van der Waals surface area contributed by atoms with Crippen molar-refractivity contribution in [2.75, 3.05) is 45.6 Å². The Morgan fingerprint density at radius 3 is 2.74 bits per heavy atom. The van der Waals surface area contributed by atoms with Crippen LogP contribution < -0.4 is 10.6 Å². The van der Waals surface area contributed by atoms with E-state index in [2.05, 4.69) is 47.1 Å². The number of fused-ring (bicyclic) bond motifs is 2. The van der Waals surface area contributed by atoms with E-state index < -0.39 is 6.35 Å². The zero-order valence-corrected chi connectivity index (χ0v) is 26.3. The number of likely N-dealkylation sites (N-methyl/N-ethyl adjacent to an activating group) is 1. The molecular formula is C32H50N6O3S. The molecule has 1 spiro atoms. The van der Waals surface area contributed by atoms with Gasteiger partial charge in [-0.2, -0.15) is 5.26 Å². The molecule has 10 atom stereocenters. The number of likely N-dealkylation sites (tertiary alicyclic amines) is 1. The molecule has 232 valence electrons. The van der Waals surface area contributed by atoms with Crippen LogP contribution in [0.2, 0.25) is 0 Å². The molecule has 6 aliphatic rings. The monoisotopic (exact) mass is 598 g/mol. The van der Waals surface area contributed by atoms with Crippen molar-refractivity contribution >= 4 is 23.5 Å². The van der Waals surface area contributed by atoms with Gasteiger partial charge in [-0.15, -0.1) is 11.8 Å². The van der Waals surface area contributed by atoms with Crippen LogP contribution in [-0.4, -0.2) is 107 Å². The number of rotatable bonds is 6. The predicted molar refractivity (Wildman–Crippen MR) is 164 cm³/mol. The minimum atomic E-state index is -0.419. The number of Topliss-reactive ketones (excluding diaryl/α,β-unsaturated/α-hetero) is 1. The Balaban J connectivity index is 1.24. The number of piperazine rings is 1. The van der Waals surface area contributed by atoms with Gasteiger partial charge < -0.3 is 14.5 Å². The minimum absolute atomic E-state index is 0.0580. The quantitative estimate of drug-likeness (QED) is 0.447. The molecule has 4 heterocycles. The number of thioether (sulfide) groups is 1. The van der Waals surface area contributed by atoms with Crippen molar-refractivity contribution in [1.82, 2.24) is 25.3 Å². The molecule has 1 amide bonds. The number of ketones is 1. The van der Waals surface area contributed by atoms with Crippen LogP contribution in [-0.2, 0) is 14.3 Å². The molecule has 10 heteroatoms. The van der Waals surface area contributed by atoms with E-state index in [4.69, 9.17) is 4.74 Å². The summed E-state index contributed by atoms with van der Waals surface area (Å²) in [6.45, 7) is 9.60. The zero-order chi connectivity index (χ0) is 29.4. The normalized spacial score (nSPS) is 43.0. The lowest BCUT2D eigenvalue weighted by Crippen LogP contribution is -2.76. The lowest BCUT2D eigenvalue weighted by atomic mass is 9.62. The van der Waals surface area contributed by atoms with Crippen LogP contribution in [0.1, 0.15) is 64.7 Å². The van der Waals surface area contributed by atoms with E-state index in [0.717, 1.165) is 37.5 Å². The number of carbonyl (C=O) groups is 2. The first kappa shape index (κ1) is 30.5. The number of ether oxygens (including phenoxy) is 1. The van der Waals surface area contributed by atoms with Gasteiger partial charge in [0.1, 0.15) is 0 Å². The van der Waals surface area contributed by atoms with Crippen LogP contribution in [0.4, 0.5) is 0 Å². The number of nitriles is 1. The van der Waals surface area contributed by atoms with E-state index in [-0.39, 0.29) is 41.2 Å². The summed E-state index contributed by atoms with van der Waals surface area (Å²) in [6, 6.07) is 2.22. The largest absolute Gasteiger partial charge is 0.348 e. The molecule has 0 radical (unpaired) electrons. The summed E-state index contributed by atoms with van der Waals surface area (Å²) in [5.74, 6) is 3.30. The van der Waals surface area contributed by atoms with E-state index in [1.165, 1.54) is 38.2 Å². The Morgan fingerprint density at radius 2 is 1.98 bits per heavy atom. The van der Waals surface area contributed by atoms with Gasteiger partial charge in [-0.25, -0.2) is 0 Å². The minimum Gasteiger partial charge on any atom is -0.348 e. The third kappa shape index (κ3) is 5.59. The van der Waals surface area contributed by atoms with Gasteiger partial charge in [-0.1, -0.05) is 26.3 Å². The highest BCUT2D eigenvalue weighted by atomic mass is 32.2. The molecule has 9 unspecified atom stereocenters. The Morgan fingerprint density at radius 1 is 1.14 bits per heavy atom. The number of nitrogens with zero attached hydrogens (tertiary/aromatic N) is 4. The molecule has 6 rings (SSSR count). The Hall–Kier alpha value is -1.48. The Kier molecular flexibility index (Phi) is 9.35. The fourth-order valence-corrected chi connectivity index (χ4v) is 11.2. The van der Waals surface area contributed by atoms with E-state index >= 15 is 0 Å². The molecule has 2 aliphatic carbocycles. The fourth-order valence-electron chi connectivity index (χ4n) is 9.28. The summed E-state index contributed by atoms with van der Waals surface area (Å²) >= 11 is 1.97. The van der Waals surface area contributed by atoms with Crippen LogP contribution >= 0.6 is 11.8 Å². The average molecular weight is 599 g/mol. The van der Waals surface area contributed by atoms with Gasteiger partial charge in [0.2, 0.25) is 5.91 Å². The van der Waals surface area contributed by atoms with Crippen LogP contribution in [0.3, 0.4) is 0 Å². The lowest BCUT2D eigenvalue weighted by Gasteiger charge is -2.58. The van der Waals surface area contributed by atoms with Crippen molar-refractivity contribution in [3.8, 4) is 6.07 Å². The summed E-state index contributed by atoms with van der Waals surface area (Å²) in [4.78, 5) is 33.9. The molecule has 2 N–H and O–H groups in total. The maximum Gasteiger partial charge on any atom is 0.246 e. The van der Waals surface area contributed by atoms with Crippen LogP contribution in [0.25, 0.3) is 0 Å².